The molecule has 1 amide bonds. The van der Waals surface area contributed by atoms with E-state index in [1.807, 2.05) is 6.92 Å². The highest BCUT2D eigenvalue weighted by Crippen LogP contribution is 2.29. The minimum atomic E-state index is -0.472. The first kappa shape index (κ1) is 17.8. The Morgan fingerprint density at radius 1 is 1.35 bits per heavy atom. The average molecular weight is 373 g/mol. The molecule has 0 saturated heterocycles. The van der Waals surface area contributed by atoms with E-state index in [0.29, 0.717) is 28.6 Å². The second-order valence-electron chi connectivity index (χ2n) is 5.13. The van der Waals surface area contributed by atoms with E-state index in [1.165, 1.54) is 30.6 Å². The second kappa shape index (κ2) is 7.92. The summed E-state index contributed by atoms with van der Waals surface area (Å²) in [4.78, 5) is 20.8. The lowest BCUT2D eigenvalue weighted by atomic mass is 10.1. The van der Waals surface area contributed by atoms with E-state index in [0.717, 1.165) is 0 Å². The smallest absolute Gasteiger partial charge is 0.262 e. The first-order valence-corrected chi connectivity index (χ1v) is 8.69. The van der Waals surface area contributed by atoms with Crippen molar-refractivity contribution >= 4 is 22.4 Å². The second-order valence-corrected chi connectivity index (χ2v) is 5.99. The largest absolute Gasteiger partial charge is 0.494 e. The van der Waals surface area contributed by atoms with Crippen molar-refractivity contribution in [3.63, 3.8) is 0 Å². The van der Waals surface area contributed by atoms with Crippen molar-refractivity contribution in [1.82, 2.24) is 9.97 Å². The van der Waals surface area contributed by atoms with Crippen LogP contribution < -0.4 is 14.8 Å². The molecule has 1 N–H and O–H groups in total. The quantitative estimate of drug-likeness (QED) is 0.707. The number of pyridine rings is 1. The Balaban J connectivity index is 1.78. The lowest BCUT2D eigenvalue weighted by Gasteiger charge is -2.07. The molecule has 0 atom stereocenters. The van der Waals surface area contributed by atoms with E-state index >= 15 is 0 Å². The zero-order chi connectivity index (χ0) is 18.5. The maximum atomic E-state index is 13.9. The number of ether oxygens (including phenoxy) is 2. The van der Waals surface area contributed by atoms with Crippen LogP contribution in [0.25, 0.3) is 11.3 Å². The molecule has 0 bridgehead atoms. The summed E-state index contributed by atoms with van der Waals surface area (Å²) in [5, 5.41) is 4.85. The number of anilines is 1. The molecular formula is C18H16FN3O3S. The molecule has 2 heterocycles. The number of amides is 1. The first-order chi connectivity index (χ1) is 12.6. The van der Waals surface area contributed by atoms with E-state index in [9.17, 15) is 9.18 Å². The van der Waals surface area contributed by atoms with Crippen LogP contribution in [0.4, 0.5) is 9.52 Å². The molecule has 3 rings (SSSR count). The number of halogens is 1. The number of nitrogens with zero attached hydrogens (tertiary/aromatic N) is 2. The summed E-state index contributed by atoms with van der Waals surface area (Å²) in [6.45, 7) is 2.22. The molecular weight excluding hydrogens is 357 g/mol. The Labute approximate surface area is 153 Å². The van der Waals surface area contributed by atoms with E-state index < -0.39 is 5.82 Å². The van der Waals surface area contributed by atoms with Crippen LogP contribution in [-0.4, -0.2) is 29.6 Å². The Bertz CT molecular complexity index is 930. The molecule has 1 aromatic carbocycles. The maximum absolute atomic E-state index is 13.9. The number of benzene rings is 1. The molecule has 26 heavy (non-hydrogen) atoms. The van der Waals surface area contributed by atoms with Crippen molar-refractivity contribution in [3.05, 3.63) is 53.3 Å². The molecule has 0 aliphatic rings. The van der Waals surface area contributed by atoms with Gasteiger partial charge in [0.05, 0.1) is 19.4 Å². The zero-order valence-corrected chi connectivity index (χ0v) is 15.0. The molecule has 0 unspecified atom stereocenters. The Kier molecular flexibility index (Phi) is 5.43. The van der Waals surface area contributed by atoms with Crippen molar-refractivity contribution < 1.29 is 18.7 Å². The minimum absolute atomic E-state index is 0.164. The van der Waals surface area contributed by atoms with E-state index in [-0.39, 0.29) is 17.5 Å². The highest BCUT2D eigenvalue weighted by molar-refractivity contribution is 7.14. The first-order valence-electron chi connectivity index (χ1n) is 7.81. The van der Waals surface area contributed by atoms with Crippen molar-refractivity contribution in [2.24, 2.45) is 0 Å². The standard InChI is InChI=1S/C18H16FN3O3S/c1-3-25-17-12(5-4-8-20-17)16(23)22-18-21-14(10-26-18)11-6-7-15(24-2)13(19)9-11/h4-10H,3H2,1-2H3,(H,21,22,23). The van der Waals surface area contributed by atoms with Crippen LogP contribution in [0.1, 0.15) is 17.3 Å². The van der Waals surface area contributed by atoms with Crippen LogP contribution in [0.5, 0.6) is 11.6 Å². The number of carbonyl (C=O) groups is 1. The lowest BCUT2D eigenvalue weighted by molar-refractivity contribution is 0.102. The summed E-state index contributed by atoms with van der Waals surface area (Å²) in [5.74, 6) is -0.414. The van der Waals surface area contributed by atoms with Crippen LogP contribution in [0.3, 0.4) is 0 Å². The summed E-state index contributed by atoms with van der Waals surface area (Å²) < 4.78 is 24.1. The highest BCUT2D eigenvalue weighted by atomic mass is 32.1. The van der Waals surface area contributed by atoms with Crippen LogP contribution in [0, 0.1) is 5.82 Å². The van der Waals surface area contributed by atoms with Crippen molar-refractivity contribution in [2.75, 3.05) is 19.0 Å². The molecule has 0 radical (unpaired) electrons. The van der Waals surface area contributed by atoms with Crippen LogP contribution in [0.2, 0.25) is 0 Å². The molecule has 0 aliphatic heterocycles. The van der Waals surface area contributed by atoms with Gasteiger partial charge in [-0.05, 0) is 37.3 Å². The number of rotatable bonds is 6. The van der Waals surface area contributed by atoms with Gasteiger partial charge in [-0.2, -0.15) is 0 Å². The number of hydrogen-bond acceptors (Lipinski definition) is 6. The molecule has 0 aliphatic carbocycles. The van der Waals surface area contributed by atoms with E-state index in [2.05, 4.69) is 15.3 Å². The molecule has 0 saturated carbocycles. The predicted molar refractivity (Wildman–Crippen MR) is 97.4 cm³/mol. The van der Waals surface area contributed by atoms with Gasteiger partial charge in [-0.15, -0.1) is 11.3 Å². The monoisotopic (exact) mass is 373 g/mol. The van der Waals surface area contributed by atoms with Gasteiger partial charge >= 0.3 is 0 Å². The van der Waals surface area contributed by atoms with Gasteiger partial charge in [-0.3, -0.25) is 10.1 Å². The lowest BCUT2D eigenvalue weighted by Crippen LogP contribution is -2.14. The van der Waals surface area contributed by atoms with Gasteiger partial charge in [0.15, 0.2) is 16.7 Å². The topological polar surface area (TPSA) is 73.3 Å². The number of hydrogen-bond donors (Lipinski definition) is 1. The third kappa shape index (κ3) is 3.80. The number of thiazole rings is 1. The van der Waals surface area contributed by atoms with Crippen molar-refractivity contribution in [1.29, 1.82) is 0 Å². The highest BCUT2D eigenvalue weighted by Gasteiger charge is 2.16. The fourth-order valence-electron chi connectivity index (χ4n) is 2.27. The number of carbonyl (C=O) groups excluding carboxylic acids is 1. The van der Waals surface area contributed by atoms with Crippen LogP contribution >= 0.6 is 11.3 Å². The Morgan fingerprint density at radius 2 is 2.19 bits per heavy atom. The summed E-state index contributed by atoms with van der Waals surface area (Å²) in [5.41, 5.74) is 1.47. The number of methoxy groups -OCH3 is 1. The fourth-order valence-corrected chi connectivity index (χ4v) is 2.98. The normalized spacial score (nSPS) is 10.4. The number of nitrogens with one attached hydrogen (secondary N) is 1. The van der Waals surface area contributed by atoms with Gasteiger partial charge in [0.25, 0.3) is 5.91 Å². The molecule has 0 fully saturated rings. The van der Waals surface area contributed by atoms with E-state index in [4.69, 9.17) is 9.47 Å². The Hall–Kier alpha value is -3.00. The van der Waals surface area contributed by atoms with E-state index in [1.54, 1.807) is 29.8 Å². The van der Waals surface area contributed by atoms with Gasteiger partial charge in [-0.25, -0.2) is 14.4 Å². The summed E-state index contributed by atoms with van der Waals surface area (Å²) >= 11 is 1.24. The van der Waals surface area contributed by atoms with Crippen LogP contribution in [-0.2, 0) is 0 Å². The van der Waals surface area contributed by atoms with Crippen molar-refractivity contribution in [2.45, 2.75) is 6.92 Å². The maximum Gasteiger partial charge on any atom is 0.262 e. The summed E-state index contributed by atoms with van der Waals surface area (Å²) in [7, 11) is 1.41. The molecule has 2 aromatic heterocycles. The number of aromatic nitrogens is 2. The van der Waals surface area contributed by atoms with Gasteiger partial charge in [0, 0.05) is 17.1 Å². The van der Waals surface area contributed by atoms with Crippen molar-refractivity contribution in [3.8, 4) is 22.9 Å². The average Bonchev–Trinajstić information content (AvgIpc) is 3.11. The summed E-state index contributed by atoms with van der Waals surface area (Å²) in [6.07, 6.45) is 1.56. The Morgan fingerprint density at radius 3 is 2.92 bits per heavy atom. The van der Waals surface area contributed by atoms with Gasteiger partial charge < -0.3 is 9.47 Å². The van der Waals surface area contributed by atoms with Gasteiger partial charge in [0.2, 0.25) is 5.88 Å². The predicted octanol–water partition coefficient (Wildman–Crippen LogP) is 4.00. The molecule has 134 valence electrons. The zero-order valence-electron chi connectivity index (χ0n) is 14.2. The minimum Gasteiger partial charge on any atom is -0.494 e. The molecule has 3 aromatic rings. The third-order valence-corrected chi connectivity index (χ3v) is 4.23. The fraction of sp³-hybridized carbons (Fsp3) is 0.167. The molecule has 0 spiro atoms. The molecule has 8 heteroatoms. The van der Waals surface area contributed by atoms with Gasteiger partial charge in [-0.1, -0.05) is 0 Å². The van der Waals surface area contributed by atoms with Gasteiger partial charge in [0.1, 0.15) is 5.56 Å². The SMILES string of the molecule is CCOc1ncccc1C(=O)Nc1nc(-c2ccc(OC)c(F)c2)cs1. The summed E-state index contributed by atoms with van der Waals surface area (Å²) in [6, 6.07) is 7.86. The third-order valence-electron chi connectivity index (χ3n) is 3.47. The van der Waals surface area contributed by atoms with Crippen LogP contribution in [0.15, 0.2) is 41.9 Å². The molecule has 6 nitrogen and oxygen atoms in total.